The van der Waals surface area contributed by atoms with Crippen molar-refractivity contribution in [3.05, 3.63) is 64.7 Å². The SMILES string of the molecule is N#CCCN(C(=O)COC(=O)c1cccc(C(F)(F)F)c1)c1cccc(Cl)c1. The molecule has 0 heterocycles. The fraction of sp³-hybridized carbons (Fsp3) is 0.211. The summed E-state index contributed by atoms with van der Waals surface area (Å²) in [5, 5.41) is 9.13. The number of amides is 1. The van der Waals surface area contributed by atoms with E-state index in [1.807, 2.05) is 6.07 Å². The van der Waals surface area contributed by atoms with Gasteiger partial charge in [0.05, 0.1) is 23.6 Å². The van der Waals surface area contributed by atoms with Crippen LogP contribution in [-0.2, 0) is 15.7 Å². The highest BCUT2D eigenvalue weighted by atomic mass is 35.5. The van der Waals surface area contributed by atoms with Crippen LogP contribution in [0.1, 0.15) is 22.3 Å². The second-order valence-electron chi connectivity index (χ2n) is 5.59. The lowest BCUT2D eigenvalue weighted by atomic mass is 10.1. The molecule has 5 nitrogen and oxygen atoms in total. The average Bonchev–Trinajstić information content (AvgIpc) is 2.66. The Labute approximate surface area is 163 Å². The molecule has 0 unspecified atom stereocenters. The van der Waals surface area contributed by atoms with Crippen molar-refractivity contribution in [2.45, 2.75) is 12.6 Å². The van der Waals surface area contributed by atoms with Gasteiger partial charge in [0.15, 0.2) is 6.61 Å². The normalized spacial score (nSPS) is 10.8. The maximum Gasteiger partial charge on any atom is 0.416 e. The monoisotopic (exact) mass is 410 g/mol. The van der Waals surface area contributed by atoms with E-state index in [9.17, 15) is 22.8 Å². The van der Waals surface area contributed by atoms with Gasteiger partial charge >= 0.3 is 12.1 Å². The van der Waals surface area contributed by atoms with E-state index in [0.717, 1.165) is 18.2 Å². The summed E-state index contributed by atoms with van der Waals surface area (Å²) in [6, 6.07) is 11.9. The first-order chi connectivity index (χ1) is 13.2. The minimum Gasteiger partial charge on any atom is -0.452 e. The number of hydrogen-bond donors (Lipinski definition) is 0. The largest absolute Gasteiger partial charge is 0.452 e. The Bertz CT molecular complexity index is 910. The molecule has 9 heteroatoms. The van der Waals surface area contributed by atoms with Crippen LogP contribution in [0.5, 0.6) is 0 Å². The molecule has 146 valence electrons. The maximum atomic E-state index is 12.7. The zero-order valence-corrected chi connectivity index (χ0v) is 15.1. The summed E-state index contributed by atoms with van der Waals surface area (Å²) in [6.45, 7) is -0.663. The highest BCUT2D eigenvalue weighted by Crippen LogP contribution is 2.29. The van der Waals surface area contributed by atoms with E-state index in [1.165, 1.54) is 11.0 Å². The molecule has 2 aromatic carbocycles. The topological polar surface area (TPSA) is 70.4 Å². The smallest absolute Gasteiger partial charge is 0.416 e. The number of nitriles is 1. The predicted molar refractivity (Wildman–Crippen MR) is 95.8 cm³/mol. The number of anilines is 1. The van der Waals surface area contributed by atoms with E-state index in [-0.39, 0.29) is 18.5 Å². The van der Waals surface area contributed by atoms with E-state index in [4.69, 9.17) is 21.6 Å². The number of carbonyl (C=O) groups is 2. The second-order valence-corrected chi connectivity index (χ2v) is 6.02. The number of alkyl halides is 3. The third-order valence-corrected chi connectivity index (χ3v) is 3.86. The number of nitrogens with zero attached hydrogens (tertiary/aromatic N) is 2. The molecule has 0 atom stereocenters. The summed E-state index contributed by atoms with van der Waals surface area (Å²) in [6.07, 6.45) is -4.58. The van der Waals surface area contributed by atoms with Crippen molar-refractivity contribution in [3.63, 3.8) is 0 Å². The first-order valence-corrected chi connectivity index (χ1v) is 8.37. The number of halogens is 4. The summed E-state index contributed by atoms with van der Waals surface area (Å²) in [4.78, 5) is 25.7. The highest BCUT2D eigenvalue weighted by molar-refractivity contribution is 6.30. The molecule has 0 spiro atoms. The van der Waals surface area contributed by atoms with Gasteiger partial charge in [-0.05, 0) is 36.4 Å². The number of esters is 1. The van der Waals surface area contributed by atoms with Crippen molar-refractivity contribution in [1.82, 2.24) is 0 Å². The number of benzene rings is 2. The second kappa shape index (κ2) is 9.24. The van der Waals surface area contributed by atoms with Crippen LogP contribution in [0.4, 0.5) is 18.9 Å². The van der Waals surface area contributed by atoms with Gasteiger partial charge in [0, 0.05) is 17.3 Å². The first kappa shape index (κ1) is 21.3. The number of hydrogen-bond acceptors (Lipinski definition) is 4. The van der Waals surface area contributed by atoms with Crippen LogP contribution in [0.2, 0.25) is 5.02 Å². The standard InChI is InChI=1S/C19H14ClF3N2O3/c20-15-6-2-7-16(11-15)25(9-3-8-24)17(26)12-28-18(27)13-4-1-5-14(10-13)19(21,22)23/h1-2,4-7,10-11H,3,9,12H2. The van der Waals surface area contributed by atoms with Gasteiger partial charge in [-0.2, -0.15) is 18.4 Å². The Morgan fingerprint density at radius 3 is 2.50 bits per heavy atom. The summed E-state index contributed by atoms with van der Waals surface area (Å²) >= 11 is 5.91. The first-order valence-electron chi connectivity index (χ1n) is 7.99. The lowest BCUT2D eigenvalue weighted by molar-refractivity contribution is -0.137. The average molecular weight is 411 g/mol. The molecule has 2 rings (SSSR count). The summed E-state index contributed by atoms with van der Waals surface area (Å²) in [5.74, 6) is -1.70. The zero-order valence-electron chi connectivity index (χ0n) is 14.4. The van der Waals surface area contributed by atoms with Crippen LogP contribution in [0.15, 0.2) is 48.5 Å². The lowest BCUT2D eigenvalue weighted by Gasteiger charge is -2.22. The van der Waals surface area contributed by atoms with Crippen LogP contribution in [-0.4, -0.2) is 25.0 Å². The van der Waals surface area contributed by atoms with Crippen LogP contribution in [0, 0.1) is 11.3 Å². The van der Waals surface area contributed by atoms with Gasteiger partial charge in [-0.25, -0.2) is 4.79 Å². The molecular formula is C19H14ClF3N2O3. The fourth-order valence-electron chi connectivity index (χ4n) is 2.31. The quantitative estimate of drug-likeness (QED) is 0.659. The van der Waals surface area contributed by atoms with Crippen molar-refractivity contribution < 1.29 is 27.5 Å². The number of ether oxygens (including phenoxy) is 1. The molecule has 0 bridgehead atoms. The van der Waals surface area contributed by atoms with E-state index in [1.54, 1.807) is 18.2 Å². The fourth-order valence-corrected chi connectivity index (χ4v) is 2.50. The van der Waals surface area contributed by atoms with Gasteiger partial charge in [-0.1, -0.05) is 23.7 Å². The molecule has 0 radical (unpaired) electrons. The Morgan fingerprint density at radius 1 is 1.14 bits per heavy atom. The van der Waals surface area contributed by atoms with Gasteiger partial charge < -0.3 is 9.64 Å². The molecule has 2 aromatic rings. The predicted octanol–water partition coefficient (Wildman–Crippen LogP) is 4.46. The molecule has 0 saturated carbocycles. The Balaban J connectivity index is 2.10. The van der Waals surface area contributed by atoms with Gasteiger partial charge in [-0.3, -0.25) is 4.79 Å². The van der Waals surface area contributed by atoms with Crippen LogP contribution >= 0.6 is 11.6 Å². The van der Waals surface area contributed by atoms with Gasteiger partial charge in [0.25, 0.3) is 5.91 Å². The van der Waals surface area contributed by atoms with Crippen molar-refractivity contribution in [2.75, 3.05) is 18.1 Å². The van der Waals surface area contributed by atoms with Crippen molar-refractivity contribution >= 4 is 29.2 Å². The Morgan fingerprint density at radius 2 is 1.86 bits per heavy atom. The Kier molecular flexibility index (Phi) is 7.01. The molecule has 0 N–H and O–H groups in total. The summed E-state index contributed by atoms with van der Waals surface area (Å²) in [7, 11) is 0. The van der Waals surface area contributed by atoms with Gasteiger partial charge in [0.1, 0.15) is 0 Å². The minimum atomic E-state index is -4.60. The number of rotatable bonds is 6. The molecule has 0 aliphatic rings. The van der Waals surface area contributed by atoms with Crippen molar-refractivity contribution in [2.24, 2.45) is 0 Å². The third-order valence-electron chi connectivity index (χ3n) is 3.62. The molecule has 0 fully saturated rings. The van der Waals surface area contributed by atoms with E-state index in [2.05, 4.69) is 0 Å². The van der Waals surface area contributed by atoms with Crippen LogP contribution in [0.25, 0.3) is 0 Å². The van der Waals surface area contributed by atoms with Crippen LogP contribution in [0.3, 0.4) is 0 Å². The zero-order chi connectivity index (χ0) is 20.7. The molecule has 0 aromatic heterocycles. The van der Waals surface area contributed by atoms with Crippen molar-refractivity contribution in [1.29, 1.82) is 5.26 Å². The maximum absolute atomic E-state index is 12.7. The van der Waals surface area contributed by atoms with E-state index in [0.29, 0.717) is 16.8 Å². The molecule has 0 aliphatic carbocycles. The molecule has 0 saturated heterocycles. The van der Waals surface area contributed by atoms with E-state index >= 15 is 0 Å². The minimum absolute atomic E-state index is 0.0276. The lowest BCUT2D eigenvalue weighted by Crippen LogP contribution is -2.35. The van der Waals surface area contributed by atoms with Gasteiger partial charge in [0.2, 0.25) is 0 Å². The molecule has 0 aliphatic heterocycles. The van der Waals surface area contributed by atoms with E-state index < -0.39 is 30.2 Å². The third kappa shape index (κ3) is 5.72. The highest BCUT2D eigenvalue weighted by Gasteiger charge is 2.31. The van der Waals surface area contributed by atoms with Crippen molar-refractivity contribution in [3.8, 4) is 6.07 Å². The molecule has 1 amide bonds. The Hall–Kier alpha value is -3.05. The summed E-state index contributed by atoms with van der Waals surface area (Å²) in [5.41, 5.74) is -0.917. The van der Waals surface area contributed by atoms with Gasteiger partial charge in [-0.15, -0.1) is 0 Å². The molecular weight excluding hydrogens is 397 g/mol. The molecule has 28 heavy (non-hydrogen) atoms. The van der Waals surface area contributed by atoms with Crippen LogP contribution < -0.4 is 4.90 Å². The summed E-state index contributed by atoms with van der Waals surface area (Å²) < 4.78 is 43.1. The number of carbonyl (C=O) groups excluding carboxylic acids is 2.